The highest BCUT2D eigenvalue weighted by atomic mass is 35.5. The average molecular weight is 326 g/mol. The van der Waals surface area contributed by atoms with Crippen LogP contribution in [0.3, 0.4) is 0 Å². The summed E-state index contributed by atoms with van der Waals surface area (Å²) in [5.41, 5.74) is 2.01. The van der Waals surface area contributed by atoms with E-state index in [9.17, 15) is 8.42 Å². The standard InChI is InChI=1S/C14H16ClN3O2S/c1-11-8-13(9-16-14(11)15)17-21(19,20)18(2)10-12-6-4-3-5-7-12/h3-9,17H,10H2,1-2H3. The lowest BCUT2D eigenvalue weighted by Gasteiger charge is -2.18. The van der Waals surface area contributed by atoms with Gasteiger partial charge in [0.05, 0.1) is 11.9 Å². The Hall–Kier alpha value is -1.63. The maximum atomic E-state index is 12.3. The molecule has 0 aliphatic carbocycles. The van der Waals surface area contributed by atoms with Crippen molar-refractivity contribution in [2.75, 3.05) is 11.8 Å². The van der Waals surface area contributed by atoms with Crippen molar-refractivity contribution >= 4 is 27.5 Å². The normalized spacial score (nSPS) is 11.6. The van der Waals surface area contributed by atoms with Crippen LogP contribution in [-0.2, 0) is 16.8 Å². The molecule has 0 fully saturated rings. The Labute approximate surface area is 129 Å². The minimum atomic E-state index is -3.64. The van der Waals surface area contributed by atoms with Gasteiger partial charge >= 0.3 is 10.2 Å². The summed E-state index contributed by atoms with van der Waals surface area (Å²) in [5.74, 6) is 0. The number of rotatable bonds is 5. The predicted octanol–water partition coefficient (Wildman–Crippen LogP) is 2.83. The van der Waals surface area contributed by atoms with Gasteiger partial charge in [-0.15, -0.1) is 0 Å². The van der Waals surface area contributed by atoms with Gasteiger partial charge in [-0.3, -0.25) is 4.72 Å². The quantitative estimate of drug-likeness (QED) is 0.860. The zero-order chi connectivity index (χ0) is 15.5. The van der Waals surface area contributed by atoms with Gasteiger partial charge < -0.3 is 0 Å². The molecule has 7 heteroatoms. The second-order valence-electron chi connectivity index (χ2n) is 4.68. The molecule has 0 radical (unpaired) electrons. The number of hydrogen-bond donors (Lipinski definition) is 1. The molecule has 0 atom stereocenters. The Morgan fingerprint density at radius 3 is 2.57 bits per heavy atom. The Morgan fingerprint density at radius 2 is 1.95 bits per heavy atom. The van der Waals surface area contributed by atoms with Crippen molar-refractivity contribution in [2.45, 2.75) is 13.5 Å². The first-order valence-electron chi connectivity index (χ1n) is 6.28. The van der Waals surface area contributed by atoms with E-state index in [1.54, 1.807) is 13.0 Å². The molecule has 1 N–H and O–H groups in total. The highest BCUT2D eigenvalue weighted by Gasteiger charge is 2.18. The second-order valence-corrected chi connectivity index (χ2v) is 6.82. The van der Waals surface area contributed by atoms with Crippen LogP contribution in [0.15, 0.2) is 42.6 Å². The van der Waals surface area contributed by atoms with Crippen molar-refractivity contribution in [3.05, 3.63) is 58.9 Å². The molecule has 0 aliphatic heterocycles. The van der Waals surface area contributed by atoms with E-state index in [0.29, 0.717) is 16.4 Å². The van der Waals surface area contributed by atoms with Gasteiger partial charge in [0.2, 0.25) is 0 Å². The van der Waals surface area contributed by atoms with Crippen molar-refractivity contribution in [1.82, 2.24) is 9.29 Å². The molecule has 21 heavy (non-hydrogen) atoms. The summed E-state index contributed by atoms with van der Waals surface area (Å²) < 4.78 is 28.2. The van der Waals surface area contributed by atoms with Gasteiger partial charge in [0, 0.05) is 13.6 Å². The van der Waals surface area contributed by atoms with Crippen molar-refractivity contribution < 1.29 is 8.42 Å². The van der Waals surface area contributed by atoms with Crippen molar-refractivity contribution in [2.24, 2.45) is 0 Å². The maximum absolute atomic E-state index is 12.3. The molecule has 0 aliphatic rings. The highest BCUT2D eigenvalue weighted by molar-refractivity contribution is 7.90. The van der Waals surface area contributed by atoms with E-state index in [4.69, 9.17) is 11.6 Å². The molecule has 0 amide bonds. The molecule has 0 saturated carbocycles. The van der Waals surface area contributed by atoms with Crippen LogP contribution in [0.25, 0.3) is 0 Å². The Balaban J connectivity index is 2.12. The number of anilines is 1. The minimum absolute atomic E-state index is 0.288. The fourth-order valence-corrected chi connectivity index (χ4v) is 2.75. The van der Waals surface area contributed by atoms with Gasteiger partial charge in [0.1, 0.15) is 5.15 Å². The molecule has 2 rings (SSSR count). The van der Waals surface area contributed by atoms with Crippen LogP contribution in [0, 0.1) is 6.92 Å². The number of halogens is 1. The molecule has 0 bridgehead atoms. The van der Waals surface area contributed by atoms with E-state index < -0.39 is 10.2 Å². The molecule has 112 valence electrons. The summed E-state index contributed by atoms with van der Waals surface area (Å²) in [4.78, 5) is 3.93. The zero-order valence-corrected chi connectivity index (χ0v) is 13.3. The molecular weight excluding hydrogens is 310 g/mol. The third-order valence-electron chi connectivity index (χ3n) is 2.92. The molecule has 0 saturated heterocycles. The minimum Gasteiger partial charge on any atom is -0.269 e. The second kappa shape index (κ2) is 6.43. The van der Waals surface area contributed by atoms with E-state index in [2.05, 4.69) is 9.71 Å². The Morgan fingerprint density at radius 1 is 1.29 bits per heavy atom. The largest absolute Gasteiger partial charge is 0.301 e. The summed E-state index contributed by atoms with van der Waals surface area (Å²) in [6.07, 6.45) is 1.39. The summed E-state index contributed by atoms with van der Waals surface area (Å²) >= 11 is 5.82. The summed E-state index contributed by atoms with van der Waals surface area (Å²) in [5, 5.41) is 0.357. The molecule has 2 aromatic rings. The lowest BCUT2D eigenvalue weighted by atomic mass is 10.2. The van der Waals surface area contributed by atoms with E-state index >= 15 is 0 Å². The van der Waals surface area contributed by atoms with Crippen molar-refractivity contribution in [3.8, 4) is 0 Å². The molecule has 1 aromatic heterocycles. The van der Waals surface area contributed by atoms with Crippen molar-refractivity contribution in [3.63, 3.8) is 0 Å². The van der Waals surface area contributed by atoms with Crippen LogP contribution < -0.4 is 4.72 Å². The monoisotopic (exact) mass is 325 g/mol. The third kappa shape index (κ3) is 4.17. The van der Waals surface area contributed by atoms with E-state index in [0.717, 1.165) is 5.56 Å². The summed E-state index contributed by atoms with van der Waals surface area (Å²) in [6.45, 7) is 2.05. The van der Waals surface area contributed by atoms with Gasteiger partial charge in [0.15, 0.2) is 0 Å². The molecule has 5 nitrogen and oxygen atoms in total. The summed E-state index contributed by atoms with van der Waals surface area (Å²) in [6, 6.07) is 11.0. The number of benzene rings is 1. The van der Waals surface area contributed by atoms with E-state index in [-0.39, 0.29) is 6.54 Å². The summed E-state index contributed by atoms with van der Waals surface area (Å²) in [7, 11) is -2.12. The molecular formula is C14H16ClN3O2S. The van der Waals surface area contributed by atoms with Crippen LogP contribution in [0.1, 0.15) is 11.1 Å². The highest BCUT2D eigenvalue weighted by Crippen LogP contribution is 2.18. The van der Waals surface area contributed by atoms with Gasteiger partial charge in [-0.2, -0.15) is 12.7 Å². The SMILES string of the molecule is Cc1cc(NS(=O)(=O)N(C)Cc2ccccc2)cnc1Cl. The van der Waals surface area contributed by atoms with Crippen LogP contribution in [0.5, 0.6) is 0 Å². The Kier molecular flexibility index (Phi) is 4.82. The van der Waals surface area contributed by atoms with Crippen LogP contribution in [0.2, 0.25) is 5.15 Å². The predicted molar refractivity (Wildman–Crippen MR) is 84.4 cm³/mol. The van der Waals surface area contributed by atoms with Gasteiger partial charge in [-0.25, -0.2) is 4.98 Å². The maximum Gasteiger partial charge on any atom is 0.301 e. The van der Waals surface area contributed by atoms with Gasteiger partial charge in [0.25, 0.3) is 0 Å². The van der Waals surface area contributed by atoms with E-state index in [1.807, 2.05) is 30.3 Å². The van der Waals surface area contributed by atoms with E-state index in [1.165, 1.54) is 17.5 Å². The average Bonchev–Trinajstić information content (AvgIpc) is 2.43. The molecule has 1 aromatic carbocycles. The first kappa shape index (κ1) is 15.8. The first-order valence-corrected chi connectivity index (χ1v) is 8.10. The fourth-order valence-electron chi connectivity index (χ4n) is 1.77. The Bertz CT molecular complexity index is 720. The van der Waals surface area contributed by atoms with Gasteiger partial charge in [-0.1, -0.05) is 41.9 Å². The molecule has 0 spiro atoms. The van der Waals surface area contributed by atoms with Crippen LogP contribution in [-0.4, -0.2) is 24.8 Å². The molecule has 1 heterocycles. The lowest BCUT2D eigenvalue weighted by Crippen LogP contribution is -2.32. The zero-order valence-electron chi connectivity index (χ0n) is 11.7. The molecule has 0 unspecified atom stereocenters. The van der Waals surface area contributed by atoms with Crippen molar-refractivity contribution in [1.29, 1.82) is 0 Å². The first-order chi connectivity index (χ1) is 9.88. The smallest absolute Gasteiger partial charge is 0.269 e. The number of aryl methyl sites for hydroxylation is 1. The van der Waals surface area contributed by atoms with Crippen LogP contribution in [0.4, 0.5) is 5.69 Å². The number of nitrogens with zero attached hydrogens (tertiary/aromatic N) is 2. The number of aromatic nitrogens is 1. The third-order valence-corrected chi connectivity index (χ3v) is 4.76. The topological polar surface area (TPSA) is 62.3 Å². The lowest BCUT2D eigenvalue weighted by molar-refractivity contribution is 0.471. The number of hydrogen-bond acceptors (Lipinski definition) is 3. The fraction of sp³-hybridized carbons (Fsp3) is 0.214. The van der Waals surface area contributed by atoms with Gasteiger partial charge in [-0.05, 0) is 24.1 Å². The number of pyridine rings is 1. The van der Waals surface area contributed by atoms with Crippen LogP contribution >= 0.6 is 11.6 Å². The number of nitrogens with one attached hydrogen (secondary N) is 1.